The molecular weight excluding hydrogens is 332 g/mol. The number of hydrogen-bond donors (Lipinski definition) is 0. The summed E-state index contributed by atoms with van der Waals surface area (Å²) in [5.41, 5.74) is 0.609. The van der Waals surface area contributed by atoms with Crippen molar-refractivity contribution in [3.05, 3.63) is 71.1 Å². The highest BCUT2D eigenvalue weighted by atomic mass is 19.2. The summed E-state index contributed by atoms with van der Waals surface area (Å²) in [6.07, 6.45) is 2.88. The quantitative estimate of drug-likeness (QED) is 0.606. The molecule has 0 atom stereocenters. The maximum absolute atomic E-state index is 14.2. The minimum atomic E-state index is -1.04. The maximum atomic E-state index is 14.2. The summed E-state index contributed by atoms with van der Waals surface area (Å²) in [5, 5.41) is 0. The largest absolute Gasteiger partial charge is 0.236 e. The number of benzene rings is 2. The van der Waals surface area contributed by atoms with E-state index in [0.717, 1.165) is 0 Å². The lowest BCUT2D eigenvalue weighted by molar-refractivity contribution is 0.502. The van der Waals surface area contributed by atoms with E-state index in [1.165, 1.54) is 43.6 Å². The van der Waals surface area contributed by atoms with E-state index in [4.69, 9.17) is 0 Å². The van der Waals surface area contributed by atoms with E-state index in [-0.39, 0.29) is 33.6 Å². The van der Waals surface area contributed by atoms with E-state index in [9.17, 15) is 17.6 Å². The molecule has 25 heavy (non-hydrogen) atoms. The van der Waals surface area contributed by atoms with Gasteiger partial charge in [-0.1, -0.05) is 25.1 Å². The van der Waals surface area contributed by atoms with Crippen LogP contribution in [-0.4, -0.2) is 9.97 Å². The fourth-order valence-electron chi connectivity index (χ4n) is 2.51. The first-order valence-corrected chi connectivity index (χ1v) is 7.68. The Morgan fingerprint density at radius 2 is 1.36 bits per heavy atom. The summed E-state index contributed by atoms with van der Waals surface area (Å²) in [6.45, 7) is 3.17. The van der Waals surface area contributed by atoms with E-state index in [1.54, 1.807) is 6.92 Å². The maximum Gasteiger partial charge on any atom is 0.170 e. The number of aromatic nitrogens is 2. The molecule has 0 amide bonds. The molecule has 6 heteroatoms. The second-order valence-electron chi connectivity index (χ2n) is 5.61. The van der Waals surface area contributed by atoms with E-state index >= 15 is 0 Å². The van der Waals surface area contributed by atoms with Crippen molar-refractivity contribution >= 4 is 0 Å². The Morgan fingerprint density at radius 3 is 2.00 bits per heavy atom. The van der Waals surface area contributed by atoms with Crippen molar-refractivity contribution in [2.24, 2.45) is 0 Å². The van der Waals surface area contributed by atoms with Gasteiger partial charge in [-0.25, -0.2) is 27.5 Å². The van der Waals surface area contributed by atoms with Crippen LogP contribution >= 0.6 is 0 Å². The normalized spacial score (nSPS) is 11.0. The van der Waals surface area contributed by atoms with Crippen LogP contribution in [0, 0.1) is 30.2 Å². The van der Waals surface area contributed by atoms with E-state index in [2.05, 4.69) is 9.97 Å². The van der Waals surface area contributed by atoms with Gasteiger partial charge in [0, 0.05) is 23.5 Å². The van der Waals surface area contributed by atoms with Gasteiger partial charge in [0.25, 0.3) is 0 Å². The van der Waals surface area contributed by atoms with Crippen LogP contribution in [0.5, 0.6) is 0 Å². The van der Waals surface area contributed by atoms with Gasteiger partial charge in [-0.15, -0.1) is 0 Å². The van der Waals surface area contributed by atoms with Gasteiger partial charge in [0.1, 0.15) is 0 Å². The molecule has 0 aliphatic rings. The van der Waals surface area contributed by atoms with Crippen LogP contribution in [0.2, 0.25) is 0 Å². The zero-order valence-electron chi connectivity index (χ0n) is 13.6. The molecule has 0 bridgehead atoms. The van der Waals surface area contributed by atoms with Crippen LogP contribution < -0.4 is 0 Å². The van der Waals surface area contributed by atoms with Gasteiger partial charge in [0.05, 0.1) is 5.56 Å². The molecule has 0 spiro atoms. The van der Waals surface area contributed by atoms with Gasteiger partial charge in [0.2, 0.25) is 0 Å². The second-order valence-corrected chi connectivity index (χ2v) is 5.61. The number of nitrogens with zero attached hydrogens (tertiary/aromatic N) is 2. The van der Waals surface area contributed by atoms with Crippen LogP contribution in [0.1, 0.15) is 18.1 Å². The average Bonchev–Trinajstić information content (AvgIpc) is 2.62. The van der Waals surface area contributed by atoms with Crippen molar-refractivity contribution in [1.82, 2.24) is 9.97 Å². The first-order valence-electron chi connectivity index (χ1n) is 7.68. The molecule has 0 saturated heterocycles. The molecule has 0 fully saturated rings. The molecule has 128 valence electrons. The standard InChI is InChI=1S/C19H14F4N2/c1-3-11-5-7-13(17(22)16(11)21)12-8-24-19(25-9-12)14-6-4-10(2)15(20)18(14)23/h4-9H,3H2,1-2H3. The Hall–Kier alpha value is -2.76. The van der Waals surface area contributed by atoms with E-state index in [0.29, 0.717) is 6.42 Å². The molecular formula is C19H14F4N2. The van der Waals surface area contributed by atoms with E-state index in [1.807, 2.05) is 0 Å². The lowest BCUT2D eigenvalue weighted by Crippen LogP contribution is -1.99. The second kappa shape index (κ2) is 6.63. The fraction of sp³-hybridized carbons (Fsp3) is 0.158. The van der Waals surface area contributed by atoms with Gasteiger partial charge in [-0.2, -0.15) is 0 Å². The predicted molar refractivity (Wildman–Crippen MR) is 86.9 cm³/mol. The summed E-state index contributed by atoms with van der Waals surface area (Å²) in [5.74, 6) is -3.93. The lowest BCUT2D eigenvalue weighted by Gasteiger charge is -2.08. The van der Waals surface area contributed by atoms with Crippen molar-refractivity contribution in [2.75, 3.05) is 0 Å². The van der Waals surface area contributed by atoms with Gasteiger partial charge in [-0.05, 0) is 30.5 Å². The van der Waals surface area contributed by atoms with Crippen LogP contribution in [0.3, 0.4) is 0 Å². The van der Waals surface area contributed by atoms with Crippen LogP contribution in [0.4, 0.5) is 17.6 Å². The summed E-state index contributed by atoms with van der Waals surface area (Å²) in [6, 6.07) is 5.74. The average molecular weight is 346 g/mol. The first kappa shape index (κ1) is 17.1. The molecule has 1 aromatic heterocycles. The Bertz CT molecular complexity index is 937. The van der Waals surface area contributed by atoms with Crippen molar-refractivity contribution in [1.29, 1.82) is 0 Å². The summed E-state index contributed by atoms with van der Waals surface area (Å²) in [7, 11) is 0. The Labute approximate surface area is 142 Å². The monoisotopic (exact) mass is 346 g/mol. The third-order valence-corrected chi connectivity index (χ3v) is 4.02. The van der Waals surface area contributed by atoms with Gasteiger partial charge < -0.3 is 0 Å². The van der Waals surface area contributed by atoms with Crippen molar-refractivity contribution < 1.29 is 17.6 Å². The number of halogens is 4. The SMILES string of the molecule is CCc1ccc(-c2cnc(-c3ccc(C)c(F)c3F)nc2)c(F)c1F. The molecule has 1 heterocycles. The van der Waals surface area contributed by atoms with Crippen LogP contribution in [-0.2, 0) is 6.42 Å². The highest BCUT2D eigenvalue weighted by molar-refractivity contribution is 5.65. The molecule has 0 aliphatic heterocycles. The smallest absolute Gasteiger partial charge is 0.170 e. The zero-order valence-corrected chi connectivity index (χ0v) is 13.6. The topological polar surface area (TPSA) is 25.8 Å². The van der Waals surface area contributed by atoms with Gasteiger partial charge in [-0.3, -0.25) is 0 Å². The molecule has 3 rings (SSSR count). The predicted octanol–water partition coefficient (Wildman–Crippen LogP) is 5.24. The Kier molecular flexibility index (Phi) is 4.53. The number of aryl methyl sites for hydroxylation is 2. The molecule has 0 saturated carbocycles. The minimum Gasteiger partial charge on any atom is -0.236 e. The van der Waals surface area contributed by atoms with Gasteiger partial charge in [0.15, 0.2) is 29.1 Å². The third kappa shape index (κ3) is 2.99. The Morgan fingerprint density at radius 1 is 0.760 bits per heavy atom. The number of hydrogen-bond acceptors (Lipinski definition) is 2. The molecule has 2 nitrogen and oxygen atoms in total. The lowest BCUT2D eigenvalue weighted by atomic mass is 10.0. The molecule has 0 aliphatic carbocycles. The van der Waals surface area contributed by atoms with Crippen LogP contribution in [0.15, 0.2) is 36.7 Å². The molecule has 3 aromatic rings. The summed E-state index contributed by atoms with van der Waals surface area (Å²) < 4.78 is 55.8. The third-order valence-electron chi connectivity index (χ3n) is 4.02. The Balaban J connectivity index is 2.02. The van der Waals surface area contributed by atoms with E-state index < -0.39 is 23.3 Å². The first-order chi connectivity index (χ1) is 11.9. The van der Waals surface area contributed by atoms with Crippen molar-refractivity contribution in [3.63, 3.8) is 0 Å². The molecule has 0 radical (unpaired) electrons. The van der Waals surface area contributed by atoms with Crippen molar-refractivity contribution in [2.45, 2.75) is 20.3 Å². The fourth-order valence-corrected chi connectivity index (χ4v) is 2.51. The highest BCUT2D eigenvalue weighted by Gasteiger charge is 2.17. The molecule has 2 aromatic carbocycles. The van der Waals surface area contributed by atoms with Crippen LogP contribution in [0.25, 0.3) is 22.5 Å². The number of rotatable bonds is 3. The minimum absolute atomic E-state index is 0.0109. The molecule has 0 unspecified atom stereocenters. The summed E-state index contributed by atoms with van der Waals surface area (Å²) in [4.78, 5) is 7.93. The van der Waals surface area contributed by atoms with Gasteiger partial charge >= 0.3 is 0 Å². The van der Waals surface area contributed by atoms with Crippen molar-refractivity contribution in [3.8, 4) is 22.5 Å². The molecule has 0 N–H and O–H groups in total. The summed E-state index contributed by atoms with van der Waals surface area (Å²) >= 11 is 0. The zero-order chi connectivity index (χ0) is 18.1. The highest BCUT2D eigenvalue weighted by Crippen LogP contribution is 2.28.